The number of morpholine rings is 1. The number of carbonyl (C=O) groups is 1. The molecule has 0 spiro atoms. The molecular formula is C22H22N2O4. The van der Waals surface area contributed by atoms with E-state index in [4.69, 9.17) is 14.2 Å². The number of pyridine rings is 1. The Labute approximate surface area is 163 Å². The molecule has 1 fully saturated rings. The summed E-state index contributed by atoms with van der Waals surface area (Å²) in [6.07, 6.45) is 1.76. The molecule has 0 aliphatic carbocycles. The molecule has 0 saturated carbocycles. The van der Waals surface area contributed by atoms with Crippen LogP contribution in [-0.4, -0.2) is 55.8 Å². The van der Waals surface area contributed by atoms with Crippen molar-refractivity contribution in [2.24, 2.45) is 0 Å². The van der Waals surface area contributed by atoms with Crippen molar-refractivity contribution < 1.29 is 19.0 Å². The van der Waals surface area contributed by atoms with Gasteiger partial charge in [0.1, 0.15) is 5.75 Å². The van der Waals surface area contributed by atoms with E-state index in [0.29, 0.717) is 37.9 Å². The van der Waals surface area contributed by atoms with E-state index in [1.807, 2.05) is 42.5 Å². The van der Waals surface area contributed by atoms with Crippen LogP contribution in [0.4, 0.5) is 0 Å². The average molecular weight is 378 g/mol. The predicted octanol–water partition coefficient (Wildman–Crippen LogP) is 3.15. The lowest BCUT2D eigenvalue weighted by Crippen LogP contribution is -2.43. The number of hydrogen-bond acceptors (Lipinski definition) is 5. The van der Waals surface area contributed by atoms with E-state index in [-0.39, 0.29) is 12.5 Å². The molecule has 4 rings (SSSR count). The van der Waals surface area contributed by atoms with Crippen LogP contribution in [-0.2, 0) is 9.53 Å². The summed E-state index contributed by atoms with van der Waals surface area (Å²) < 4.78 is 16.5. The number of aromatic nitrogens is 1. The quantitative estimate of drug-likeness (QED) is 0.683. The summed E-state index contributed by atoms with van der Waals surface area (Å²) in [6, 6.07) is 15.8. The lowest BCUT2D eigenvalue weighted by Gasteiger charge is -2.27. The van der Waals surface area contributed by atoms with Gasteiger partial charge in [-0.05, 0) is 22.9 Å². The number of nitrogens with zero attached hydrogens (tertiary/aromatic N) is 2. The summed E-state index contributed by atoms with van der Waals surface area (Å²) >= 11 is 0. The molecule has 0 N–H and O–H groups in total. The van der Waals surface area contributed by atoms with Gasteiger partial charge in [0.05, 0.1) is 20.3 Å². The van der Waals surface area contributed by atoms with E-state index in [9.17, 15) is 4.79 Å². The van der Waals surface area contributed by atoms with Crippen molar-refractivity contribution in [3.05, 3.63) is 54.7 Å². The molecule has 1 aromatic heterocycles. The fraction of sp³-hybridized carbons (Fsp3) is 0.273. The Morgan fingerprint density at radius 1 is 1.11 bits per heavy atom. The molecule has 1 amide bonds. The molecule has 1 aliphatic rings. The summed E-state index contributed by atoms with van der Waals surface area (Å²) in [5, 5.41) is 2.14. The molecule has 6 nitrogen and oxygen atoms in total. The standard InChI is InChI=1S/C22H22N2O4/c1-26-20-9-7-17(14-23-20)22-18-5-3-2-4-16(18)6-8-19(22)28-15-21(25)24-10-12-27-13-11-24/h2-9,14H,10-13,15H2,1H3. The molecule has 1 aliphatic heterocycles. The molecule has 28 heavy (non-hydrogen) atoms. The lowest BCUT2D eigenvalue weighted by molar-refractivity contribution is -0.137. The molecule has 144 valence electrons. The second-order valence-corrected chi connectivity index (χ2v) is 6.53. The number of hydrogen-bond donors (Lipinski definition) is 0. The first-order valence-electron chi connectivity index (χ1n) is 9.27. The smallest absolute Gasteiger partial charge is 0.260 e. The largest absolute Gasteiger partial charge is 0.483 e. The van der Waals surface area contributed by atoms with Crippen LogP contribution < -0.4 is 9.47 Å². The number of amides is 1. The highest BCUT2D eigenvalue weighted by atomic mass is 16.5. The number of carbonyl (C=O) groups excluding carboxylic acids is 1. The van der Waals surface area contributed by atoms with Gasteiger partial charge in [-0.15, -0.1) is 0 Å². The van der Waals surface area contributed by atoms with Crippen molar-refractivity contribution in [3.63, 3.8) is 0 Å². The minimum Gasteiger partial charge on any atom is -0.483 e. The summed E-state index contributed by atoms with van der Waals surface area (Å²) in [6.45, 7) is 2.36. The third-order valence-electron chi connectivity index (χ3n) is 4.84. The van der Waals surface area contributed by atoms with Crippen molar-refractivity contribution in [2.45, 2.75) is 0 Å². The van der Waals surface area contributed by atoms with Gasteiger partial charge in [0, 0.05) is 36.5 Å². The van der Waals surface area contributed by atoms with E-state index in [1.54, 1.807) is 18.2 Å². The second kappa shape index (κ2) is 8.27. The maximum atomic E-state index is 12.5. The Morgan fingerprint density at radius 2 is 1.93 bits per heavy atom. The molecule has 0 atom stereocenters. The SMILES string of the molecule is COc1ccc(-c2c(OCC(=O)N3CCOCC3)ccc3ccccc23)cn1. The molecule has 2 heterocycles. The van der Waals surface area contributed by atoms with E-state index in [0.717, 1.165) is 21.9 Å². The molecule has 2 aromatic carbocycles. The van der Waals surface area contributed by atoms with Gasteiger partial charge in [-0.3, -0.25) is 4.79 Å². The number of fused-ring (bicyclic) bond motifs is 1. The van der Waals surface area contributed by atoms with E-state index in [2.05, 4.69) is 11.1 Å². The first-order valence-corrected chi connectivity index (χ1v) is 9.27. The van der Waals surface area contributed by atoms with Crippen molar-refractivity contribution in [3.8, 4) is 22.8 Å². The van der Waals surface area contributed by atoms with Crippen LogP contribution in [0.2, 0.25) is 0 Å². The van der Waals surface area contributed by atoms with Crippen molar-refractivity contribution in [2.75, 3.05) is 40.0 Å². The fourth-order valence-electron chi connectivity index (χ4n) is 3.36. The molecule has 0 radical (unpaired) electrons. The van der Waals surface area contributed by atoms with Gasteiger partial charge < -0.3 is 19.1 Å². The third-order valence-corrected chi connectivity index (χ3v) is 4.84. The predicted molar refractivity (Wildman–Crippen MR) is 107 cm³/mol. The van der Waals surface area contributed by atoms with E-state index in [1.165, 1.54) is 0 Å². The van der Waals surface area contributed by atoms with Crippen molar-refractivity contribution >= 4 is 16.7 Å². The number of benzene rings is 2. The zero-order valence-corrected chi connectivity index (χ0v) is 15.8. The Morgan fingerprint density at radius 3 is 2.68 bits per heavy atom. The maximum absolute atomic E-state index is 12.5. The normalized spacial score (nSPS) is 14.1. The molecule has 1 saturated heterocycles. The zero-order chi connectivity index (χ0) is 19.3. The van der Waals surface area contributed by atoms with Gasteiger partial charge in [0.2, 0.25) is 5.88 Å². The van der Waals surface area contributed by atoms with Crippen molar-refractivity contribution in [1.29, 1.82) is 0 Å². The zero-order valence-electron chi connectivity index (χ0n) is 15.8. The third kappa shape index (κ3) is 3.77. The fourth-order valence-corrected chi connectivity index (χ4v) is 3.36. The first-order chi connectivity index (χ1) is 13.8. The molecule has 3 aromatic rings. The Bertz CT molecular complexity index is 966. The van der Waals surface area contributed by atoms with Gasteiger partial charge in [-0.25, -0.2) is 4.98 Å². The summed E-state index contributed by atoms with van der Waals surface area (Å²) in [4.78, 5) is 18.6. The minimum atomic E-state index is -0.0322. The highest BCUT2D eigenvalue weighted by Crippen LogP contribution is 2.37. The maximum Gasteiger partial charge on any atom is 0.260 e. The van der Waals surface area contributed by atoms with Crippen LogP contribution in [0.15, 0.2) is 54.7 Å². The van der Waals surface area contributed by atoms with Crippen LogP contribution >= 0.6 is 0 Å². The average Bonchev–Trinajstić information content (AvgIpc) is 2.77. The highest BCUT2D eigenvalue weighted by molar-refractivity contribution is 5.99. The Balaban J connectivity index is 1.66. The van der Waals surface area contributed by atoms with Gasteiger partial charge in [-0.1, -0.05) is 30.3 Å². The van der Waals surface area contributed by atoms with Gasteiger partial charge in [0.25, 0.3) is 5.91 Å². The summed E-state index contributed by atoms with van der Waals surface area (Å²) in [7, 11) is 1.59. The van der Waals surface area contributed by atoms with Gasteiger partial charge >= 0.3 is 0 Å². The molecule has 6 heteroatoms. The second-order valence-electron chi connectivity index (χ2n) is 6.53. The lowest BCUT2D eigenvalue weighted by atomic mass is 9.98. The number of rotatable bonds is 5. The first kappa shape index (κ1) is 18.3. The molecule has 0 unspecified atom stereocenters. The number of ether oxygens (including phenoxy) is 3. The van der Waals surface area contributed by atoms with E-state index >= 15 is 0 Å². The van der Waals surface area contributed by atoms with Crippen LogP contribution in [0.3, 0.4) is 0 Å². The van der Waals surface area contributed by atoms with Crippen molar-refractivity contribution in [1.82, 2.24) is 9.88 Å². The minimum absolute atomic E-state index is 0.00504. The summed E-state index contributed by atoms with van der Waals surface area (Å²) in [5.74, 6) is 1.18. The molecule has 0 bridgehead atoms. The Hall–Kier alpha value is -3.12. The highest BCUT2D eigenvalue weighted by Gasteiger charge is 2.19. The van der Waals surface area contributed by atoms with Crippen LogP contribution in [0.25, 0.3) is 21.9 Å². The summed E-state index contributed by atoms with van der Waals surface area (Å²) in [5.41, 5.74) is 1.83. The monoisotopic (exact) mass is 378 g/mol. The Kier molecular flexibility index (Phi) is 5.39. The van der Waals surface area contributed by atoms with Crippen LogP contribution in [0.1, 0.15) is 0 Å². The van der Waals surface area contributed by atoms with Gasteiger partial charge in [0.15, 0.2) is 6.61 Å². The molecular weight excluding hydrogens is 356 g/mol. The van der Waals surface area contributed by atoms with Crippen LogP contribution in [0.5, 0.6) is 11.6 Å². The number of methoxy groups -OCH3 is 1. The van der Waals surface area contributed by atoms with Crippen LogP contribution in [0, 0.1) is 0 Å². The van der Waals surface area contributed by atoms with E-state index < -0.39 is 0 Å². The topological polar surface area (TPSA) is 60.9 Å². The van der Waals surface area contributed by atoms with Gasteiger partial charge in [-0.2, -0.15) is 0 Å².